The van der Waals surface area contributed by atoms with Crippen molar-refractivity contribution in [3.63, 3.8) is 0 Å². The van der Waals surface area contributed by atoms with Crippen LogP contribution in [0.5, 0.6) is 0 Å². The van der Waals surface area contributed by atoms with Gasteiger partial charge >= 0.3 is 0 Å². The molecule has 5 rings (SSSR count). The summed E-state index contributed by atoms with van der Waals surface area (Å²) < 4.78 is 1.73. The van der Waals surface area contributed by atoms with E-state index in [9.17, 15) is 4.79 Å². The number of nitrogens with one attached hydrogen (secondary N) is 1. The van der Waals surface area contributed by atoms with Gasteiger partial charge in [-0.25, -0.2) is 9.50 Å². The molecular weight excluding hydrogens is 348 g/mol. The van der Waals surface area contributed by atoms with Crippen LogP contribution in [0.1, 0.15) is 26.5 Å². The molecule has 0 aromatic carbocycles. The number of carbonyl (C=O) groups is 1. The Morgan fingerprint density at radius 2 is 2.27 bits per heavy atom. The van der Waals surface area contributed by atoms with E-state index < -0.39 is 0 Å². The van der Waals surface area contributed by atoms with E-state index in [4.69, 9.17) is 5.73 Å². The highest BCUT2D eigenvalue weighted by Crippen LogP contribution is 2.36. The summed E-state index contributed by atoms with van der Waals surface area (Å²) in [5.74, 6) is -0.144. The van der Waals surface area contributed by atoms with E-state index in [2.05, 4.69) is 26.4 Å². The second-order valence-electron chi connectivity index (χ2n) is 6.57. The summed E-state index contributed by atoms with van der Waals surface area (Å²) in [6.45, 7) is 1.97. The Balaban J connectivity index is 1.50. The highest BCUT2D eigenvalue weighted by Gasteiger charge is 2.26. The normalized spacial score (nSPS) is 16.3. The summed E-state index contributed by atoms with van der Waals surface area (Å²) in [7, 11) is 0. The molecule has 0 saturated heterocycles. The number of hydrogen-bond donors (Lipinski definition) is 2. The zero-order chi connectivity index (χ0) is 17.8. The number of nitrogen functional groups attached to an aromatic ring is 1. The number of carbonyl (C=O) groups excluding carboxylic acids is 1. The third kappa shape index (κ3) is 2.19. The number of pyridine rings is 2. The standard InChI is InChI=1S/C18H16N6OS/c1-9-5-13-21-8-22-24(13)18-14(9)15(19)16(26-18)17(25)23-11-6-10-3-2-4-20-12(10)7-11/h2-5,8,11H,6-7,19H2,1H3,(H,23,25). The zero-order valence-corrected chi connectivity index (χ0v) is 14.9. The van der Waals surface area contributed by atoms with E-state index in [1.807, 2.05) is 19.1 Å². The molecule has 0 radical (unpaired) electrons. The maximum atomic E-state index is 12.9. The van der Waals surface area contributed by atoms with Gasteiger partial charge in [-0.3, -0.25) is 9.78 Å². The van der Waals surface area contributed by atoms with Crippen LogP contribution in [-0.4, -0.2) is 31.5 Å². The minimum atomic E-state index is -0.144. The van der Waals surface area contributed by atoms with Gasteiger partial charge in [-0.15, -0.1) is 11.3 Å². The molecule has 4 aromatic rings. The quantitative estimate of drug-likeness (QED) is 0.568. The van der Waals surface area contributed by atoms with E-state index in [1.165, 1.54) is 23.2 Å². The van der Waals surface area contributed by atoms with Crippen molar-refractivity contribution >= 4 is 38.8 Å². The fourth-order valence-electron chi connectivity index (χ4n) is 3.67. The van der Waals surface area contributed by atoms with Crippen LogP contribution in [0.4, 0.5) is 5.69 Å². The van der Waals surface area contributed by atoms with Crippen LogP contribution in [0, 0.1) is 6.92 Å². The van der Waals surface area contributed by atoms with Crippen LogP contribution in [-0.2, 0) is 12.8 Å². The number of aromatic nitrogens is 4. The summed E-state index contributed by atoms with van der Waals surface area (Å²) in [6.07, 6.45) is 4.84. The van der Waals surface area contributed by atoms with Crippen LogP contribution in [0.15, 0.2) is 30.7 Å². The van der Waals surface area contributed by atoms with Crippen molar-refractivity contribution in [2.75, 3.05) is 5.73 Å². The van der Waals surface area contributed by atoms with Gasteiger partial charge in [0.25, 0.3) is 5.91 Å². The lowest BCUT2D eigenvalue weighted by Gasteiger charge is -2.11. The fourth-order valence-corrected chi connectivity index (χ4v) is 4.82. The van der Waals surface area contributed by atoms with Gasteiger partial charge in [-0.05, 0) is 36.6 Å². The summed E-state index contributed by atoms with van der Waals surface area (Å²) in [5.41, 5.74) is 10.8. The molecule has 3 N–H and O–H groups in total. The lowest BCUT2D eigenvalue weighted by atomic mass is 10.1. The lowest BCUT2D eigenvalue weighted by molar-refractivity contribution is 0.0943. The van der Waals surface area contributed by atoms with Crippen LogP contribution < -0.4 is 11.1 Å². The number of rotatable bonds is 2. The van der Waals surface area contributed by atoms with Crippen LogP contribution in [0.2, 0.25) is 0 Å². The van der Waals surface area contributed by atoms with Gasteiger partial charge in [0.1, 0.15) is 16.0 Å². The molecule has 0 bridgehead atoms. The zero-order valence-electron chi connectivity index (χ0n) is 14.1. The van der Waals surface area contributed by atoms with Crippen molar-refractivity contribution in [2.45, 2.75) is 25.8 Å². The minimum absolute atomic E-state index is 0.0458. The number of amides is 1. The van der Waals surface area contributed by atoms with Gasteiger partial charge in [-0.1, -0.05) is 6.07 Å². The van der Waals surface area contributed by atoms with E-state index in [1.54, 1.807) is 10.7 Å². The first-order valence-corrected chi connectivity index (χ1v) is 9.18. The van der Waals surface area contributed by atoms with Gasteiger partial charge in [0.15, 0.2) is 5.65 Å². The van der Waals surface area contributed by atoms with E-state index in [0.717, 1.165) is 40.0 Å². The minimum Gasteiger partial charge on any atom is -0.397 e. The molecule has 1 unspecified atom stereocenters. The van der Waals surface area contributed by atoms with Crippen molar-refractivity contribution in [3.8, 4) is 0 Å². The number of hydrogen-bond acceptors (Lipinski definition) is 6. The number of thiophene rings is 1. The molecule has 8 heteroatoms. The van der Waals surface area contributed by atoms with Gasteiger partial charge in [0.2, 0.25) is 0 Å². The summed E-state index contributed by atoms with van der Waals surface area (Å²) in [6, 6.07) is 5.97. The Hall–Kier alpha value is -3.00. The fraction of sp³-hybridized carbons (Fsp3) is 0.222. The number of anilines is 1. The maximum Gasteiger partial charge on any atom is 0.263 e. The Morgan fingerprint density at radius 3 is 3.12 bits per heavy atom. The highest BCUT2D eigenvalue weighted by atomic mass is 32.1. The Morgan fingerprint density at radius 1 is 1.38 bits per heavy atom. The molecule has 4 aromatic heterocycles. The predicted octanol–water partition coefficient (Wildman–Crippen LogP) is 2.13. The third-order valence-corrected chi connectivity index (χ3v) is 6.04. The number of nitrogens with two attached hydrogens (primary N) is 1. The Labute approximate surface area is 152 Å². The summed E-state index contributed by atoms with van der Waals surface area (Å²) >= 11 is 1.36. The molecule has 0 spiro atoms. The molecule has 26 heavy (non-hydrogen) atoms. The smallest absolute Gasteiger partial charge is 0.263 e. The second kappa shape index (κ2) is 5.50. The van der Waals surface area contributed by atoms with Gasteiger partial charge in [0.05, 0.1) is 5.69 Å². The van der Waals surface area contributed by atoms with Gasteiger partial charge in [-0.2, -0.15) is 5.10 Å². The third-order valence-electron chi connectivity index (χ3n) is 4.87. The maximum absolute atomic E-state index is 12.9. The second-order valence-corrected chi connectivity index (χ2v) is 7.57. The number of fused-ring (bicyclic) bond motifs is 4. The molecule has 0 saturated carbocycles. The molecule has 0 aliphatic heterocycles. The van der Waals surface area contributed by atoms with Gasteiger partial charge in [0, 0.05) is 29.7 Å². The van der Waals surface area contributed by atoms with Crippen molar-refractivity contribution in [1.82, 2.24) is 24.9 Å². The summed E-state index contributed by atoms with van der Waals surface area (Å²) in [4.78, 5) is 22.9. The number of aryl methyl sites for hydroxylation is 1. The van der Waals surface area contributed by atoms with Crippen molar-refractivity contribution in [2.24, 2.45) is 0 Å². The van der Waals surface area contributed by atoms with Crippen molar-refractivity contribution in [3.05, 3.63) is 52.4 Å². The molecule has 7 nitrogen and oxygen atoms in total. The largest absolute Gasteiger partial charge is 0.397 e. The van der Waals surface area contributed by atoms with Crippen LogP contribution in [0.25, 0.3) is 15.9 Å². The van der Waals surface area contributed by atoms with Crippen molar-refractivity contribution in [1.29, 1.82) is 0 Å². The first-order valence-electron chi connectivity index (χ1n) is 8.37. The lowest BCUT2D eigenvalue weighted by Crippen LogP contribution is -2.35. The monoisotopic (exact) mass is 364 g/mol. The predicted molar refractivity (Wildman–Crippen MR) is 100 cm³/mol. The Bertz CT molecular complexity index is 1150. The molecule has 4 heterocycles. The molecule has 1 atom stereocenters. The van der Waals surface area contributed by atoms with E-state index >= 15 is 0 Å². The Kier molecular flexibility index (Phi) is 3.23. The molecule has 130 valence electrons. The average Bonchev–Trinajstić information content (AvgIpc) is 3.30. The first kappa shape index (κ1) is 15.3. The van der Waals surface area contributed by atoms with E-state index in [-0.39, 0.29) is 11.9 Å². The number of nitrogens with zero attached hydrogens (tertiary/aromatic N) is 4. The average molecular weight is 364 g/mol. The van der Waals surface area contributed by atoms with Crippen molar-refractivity contribution < 1.29 is 4.79 Å². The molecule has 1 amide bonds. The first-order chi connectivity index (χ1) is 12.6. The van der Waals surface area contributed by atoms with Crippen LogP contribution in [0.3, 0.4) is 0 Å². The topological polar surface area (TPSA) is 98.2 Å². The van der Waals surface area contributed by atoms with Gasteiger partial charge < -0.3 is 11.1 Å². The molecule has 1 aliphatic rings. The van der Waals surface area contributed by atoms with Crippen LogP contribution >= 0.6 is 11.3 Å². The SMILES string of the molecule is Cc1cc2ncnn2c2sc(C(=O)NC3Cc4cccnc4C3)c(N)c12. The van der Waals surface area contributed by atoms with E-state index in [0.29, 0.717) is 10.6 Å². The molecule has 0 fully saturated rings. The summed E-state index contributed by atoms with van der Waals surface area (Å²) in [5, 5.41) is 8.23. The molecule has 1 aliphatic carbocycles. The molecular formula is C18H16N6OS. The highest BCUT2D eigenvalue weighted by molar-refractivity contribution is 7.21.